The second-order valence-corrected chi connectivity index (χ2v) is 5.45. The van der Waals surface area contributed by atoms with Gasteiger partial charge in [0.05, 0.1) is 11.9 Å². The van der Waals surface area contributed by atoms with Gasteiger partial charge >= 0.3 is 5.97 Å². The summed E-state index contributed by atoms with van der Waals surface area (Å²) >= 11 is 1.33. The molecule has 2 heterocycles. The summed E-state index contributed by atoms with van der Waals surface area (Å²) in [5.74, 6) is -1.05. The Morgan fingerprint density at radius 2 is 2.14 bits per heavy atom. The van der Waals surface area contributed by atoms with E-state index in [0.717, 1.165) is 4.90 Å². The standard InChI is InChI=1S/C13H11N5O2S/c1-6-2-7(3-8(9(6)14)13(19)20)21-12-10-11(16-4-15-10)17-5-18-12/h2-5H,14H2,1H3,(H,19,20)(H,15,16,17,18). The molecule has 3 aromatic rings. The van der Waals surface area contributed by atoms with Crippen LogP contribution in [-0.2, 0) is 0 Å². The number of nitrogens with zero attached hydrogens (tertiary/aromatic N) is 3. The lowest BCUT2D eigenvalue weighted by Crippen LogP contribution is -2.04. The third kappa shape index (κ3) is 2.40. The zero-order valence-electron chi connectivity index (χ0n) is 11.0. The number of carbonyl (C=O) groups is 1. The number of benzene rings is 1. The lowest BCUT2D eigenvalue weighted by atomic mass is 10.1. The van der Waals surface area contributed by atoms with Crippen LogP contribution in [0.1, 0.15) is 15.9 Å². The number of aromatic carboxylic acids is 1. The van der Waals surface area contributed by atoms with Crippen molar-refractivity contribution in [1.29, 1.82) is 0 Å². The Hall–Kier alpha value is -2.61. The van der Waals surface area contributed by atoms with Gasteiger partial charge in [-0.15, -0.1) is 0 Å². The van der Waals surface area contributed by atoms with Crippen LogP contribution >= 0.6 is 11.8 Å². The highest BCUT2D eigenvalue weighted by molar-refractivity contribution is 7.99. The molecule has 0 atom stereocenters. The molecule has 0 aliphatic heterocycles. The van der Waals surface area contributed by atoms with E-state index in [2.05, 4.69) is 19.9 Å². The minimum atomic E-state index is -1.05. The molecule has 21 heavy (non-hydrogen) atoms. The number of hydrogen-bond acceptors (Lipinski definition) is 6. The molecule has 1 aromatic carbocycles. The highest BCUT2D eigenvalue weighted by atomic mass is 32.2. The van der Waals surface area contributed by atoms with E-state index in [1.807, 2.05) is 6.07 Å². The second kappa shape index (κ2) is 5.06. The van der Waals surface area contributed by atoms with Gasteiger partial charge in [-0.3, -0.25) is 0 Å². The van der Waals surface area contributed by atoms with Gasteiger partial charge in [0.2, 0.25) is 0 Å². The quantitative estimate of drug-likeness (QED) is 0.500. The van der Waals surface area contributed by atoms with E-state index in [1.165, 1.54) is 18.1 Å². The van der Waals surface area contributed by atoms with Crippen LogP contribution in [-0.4, -0.2) is 31.0 Å². The Labute approximate surface area is 123 Å². The molecule has 0 amide bonds. The van der Waals surface area contributed by atoms with Gasteiger partial charge in [0.15, 0.2) is 5.65 Å². The number of imidazole rings is 1. The van der Waals surface area contributed by atoms with Crippen LogP contribution in [0.3, 0.4) is 0 Å². The monoisotopic (exact) mass is 301 g/mol. The summed E-state index contributed by atoms with van der Waals surface area (Å²) in [6.07, 6.45) is 2.97. The molecule has 0 bridgehead atoms. The maximum Gasteiger partial charge on any atom is 0.337 e. The molecular weight excluding hydrogens is 290 g/mol. The SMILES string of the molecule is Cc1cc(Sc2ncnc3nc[nH]c23)cc(C(=O)O)c1N. The van der Waals surface area contributed by atoms with Crippen LogP contribution in [0.25, 0.3) is 11.2 Å². The van der Waals surface area contributed by atoms with Crippen molar-refractivity contribution >= 4 is 34.6 Å². The molecule has 0 saturated carbocycles. The van der Waals surface area contributed by atoms with Crippen LogP contribution in [0, 0.1) is 6.92 Å². The summed E-state index contributed by atoms with van der Waals surface area (Å²) in [4.78, 5) is 27.2. The second-order valence-electron chi connectivity index (χ2n) is 4.39. The van der Waals surface area contributed by atoms with Crippen LogP contribution in [0.5, 0.6) is 0 Å². The zero-order chi connectivity index (χ0) is 15.0. The maximum absolute atomic E-state index is 11.2. The Bertz CT molecular complexity index is 846. The van der Waals surface area contributed by atoms with Crippen molar-refractivity contribution in [2.75, 3.05) is 5.73 Å². The van der Waals surface area contributed by atoms with E-state index in [-0.39, 0.29) is 11.3 Å². The number of aromatic amines is 1. The lowest BCUT2D eigenvalue weighted by molar-refractivity contribution is 0.0697. The number of anilines is 1. The number of carboxylic acids is 1. The van der Waals surface area contributed by atoms with E-state index in [4.69, 9.17) is 5.73 Å². The number of aryl methyl sites for hydroxylation is 1. The number of aromatic nitrogens is 4. The van der Waals surface area contributed by atoms with Crippen molar-refractivity contribution in [2.24, 2.45) is 0 Å². The Morgan fingerprint density at radius 1 is 1.33 bits per heavy atom. The Kier molecular flexibility index (Phi) is 3.22. The summed E-state index contributed by atoms with van der Waals surface area (Å²) in [6.45, 7) is 1.78. The summed E-state index contributed by atoms with van der Waals surface area (Å²) in [5.41, 5.74) is 8.16. The highest BCUT2D eigenvalue weighted by Gasteiger charge is 2.14. The summed E-state index contributed by atoms with van der Waals surface area (Å²) < 4.78 is 0. The minimum Gasteiger partial charge on any atom is -0.478 e. The number of hydrogen-bond donors (Lipinski definition) is 3. The average molecular weight is 301 g/mol. The molecule has 0 unspecified atom stereocenters. The fraction of sp³-hybridized carbons (Fsp3) is 0.0769. The molecule has 0 spiro atoms. The van der Waals surface area contributed by atoms with Crippen molar-refractivity contribution in [3.8, 4) is 0 Å². The summed E-state index contributed by atoms with van der Waals surface area (Å²) in [7, 11) is 0. The number of nitrogens with one attached hydrogen (secondary N) is 1. The molecule has 3 rings (SSSR count). The van der Waals surface area contributed by atoms with Gasteiger partial charge in [0, 0.05) is 10.6 Å². The number of carboxylic acid groups (broad SMARTS) is 1. The van der Waals surface area contributed by atoms with Crippen LogP contribution in [0.4, 0.5) is 5.69 Å². The first kappa shape index (κ1) is 13.4. The van der Waals surface area contributed by atoms with E-state index in [9.17, 15) is 9.90 Å². The fourth-order valence-electron chi connectivity index (χ4n) is 1.93. The third-order valence-corrected chi connectivity index (χ3v) is 3.97. The average Bonchev–Trinajstić information content (AvgIpc) is 2.91. The third-order valence-electron chi connectivity index (χ3n) is 2.99. The van der Waals surface area contributed by atoms with Crippen molar-refractivity contribution in [2.45, 2.75) is 16.8 Å². The van der Waals surface area contributed by atoms with E-state index in [1.54, 1.807) is 19.3 Å². The van der Waals surface area contributed by atoms with Gasteiger partial charge in [-0.1, -0.05) is 11.8 Å². The van der Waals surface area contributed by atoms with Crippen LogP contribution < -0.4 is 5.73 Å². The van der Waals surface area contributed by atoms with Gasteiger partial charge in [0.25, 0.3) is 0 Å². The summed E-state index contributed by atoms with van der Waals surface area (Å²) in [5, 5.41) is 9.87. The molecule has 0 saturated heterocycles. The molecule has 0 fully saturated rings. The number of rotatable bonds is 3. The fourth-order valence-corrected chi connectivity index (χ4v) is 2.92. The topological polar surface area (TPSA) is 118 Å². The maximum atomic E-state index is 11.2. The first-order valence-electron chi connectivity index (χ1n) is 6.01. The first-order chi connectivity index (χ1) is 10.1. The Morgan fingerprint density at radius 3 is 2.90 bits per heavy atom. The van der Waals surface area contributed by atoms with E-state index >= 15 is 0 Å². The molecule has 0 aliphatic rings. The molecule has 106 valence electrons. The van der Waals surface area contributed by atoms with Crippen molar-refractivity contribution in [1.82, 2.24) is 19.9 Å². The molecular formula is C13H11N5O2S. The number of nitrogens with two attached hydrogens (primary N) is 1. The Balaban J connectivity index is 2.06. The molecule has 4 N–H and O–H groups in total. The molecule has 0 radical (unpaired) electrons. The molecule has 8 heteroatoms. The van der Waals surface area contributed by atoms with Crippen molar-refractivity contribution < 1.29 is 9.90 Å². The summed E-state index contributed by atoms with van der Waals surface area (Å²) in [6, 6.07) is 3.37. The van der Waals surface area contributed by atoms with E-state index in [0.29, 0.717) is 21.8 Å². The van der Waals surface area contributed by atoms with Crippen molar-refractivity contribution in [3.05, 3.63) is 35.9 Å². The molecule has 7 nitrogen and oxygen atoms in total. The van der Waals surface area contributed by atoms with Gasteiger partial charge in [-0.2, -0.15) is 0 Å². The molecule has 0 aliphatic carbocycles. The van der Waals surface area contributed by atoms with E-state index < -0.39 is 5.97 Å². The van der Waals surface area contributed by atoms with Gasteiger partial charge < -0.3 is 15.8 Å². The highest BCUT2D eigenvalue weighted by Crippen LogP contribution is 2.33. The van der Waals surface area contributed by atoms with Crippen LogP contribution in [0.2, 0.25) is 0 Å². The predicted octanol–water partition coefficient (Wildman–Crippen LogP) is 2.09. The normalized spacial score (nSPS) is 10.9. The van der Waals surface area contributed by atoms with Gasteiger partial charge in [-0.05, 0) is 24.6 Å². The van der Waals surface area contributed by atoms with Gasteiger partial charge in [-0.25, -0.2) is 19.7 Å². The molecule has 2 aromatic heterocycles. The zero-order valence-corrected chi connectivity index (χ0v) is 11.8. The number of nitrogen functional groups attached to an aromatic ring is 1. The lowest BCUT2D eigenvalue weighted by Gasteiger charge is -2.08. The number of fused-ring (bicyclic) bond motifs is 1. The predicted molar refractivity (Wildman–Crippen MR) is 78.4 cm³/mol. The van der Waals surface area contributed by atoms with Crippen LogP contribution in [0.15, 0.2) is 34.7 Å². The largest absolute Gasteiger partial charge is 0.478 e. The number of H-pyrrole nitrogens is 1. The van der Waals surface area contributed by atoms with Gasteiger partial charge in [0.1, 0.15) is 16.9 Å². The minimum absolute atomic E-state index is 0.0902. The smallest absolute Gasteiger partial charge is 0.337 e. The first-order valence-corrected chi connectivity index (χ1v) is 6.83. The van der Waals surface area contributed by atoms with Crippen molar-refractivity contribution in [3.63, 3.8) is 0 Å².